The second-order valence-electron chi connectivity index (χ2n) is 6.87. The lowest BCUT2D eigenvalue weighted by molar-refractivity contribution is -0.114. The van der Waals surface area contributed by atoms with Crippen LogP contribution in [0.25, 0.3) is 16.9 Å². The molecule has 7 heteroatoms. The molecule has 0 fully saturated rings. The minimum absolute atomic E-state index is 0.213. The number of aromatic nitrogens is 2. The van der Waals surface area contributed by atoms with Crippen LogP contribution in [0.2, 0.25) is 5.02 Å². The van der Waals surface area contributed by atoms with Crippen molar-refractivity contribution in [3.05, 3.63) is 95.6 Å². The summed E-state index contributed by atoms with van der Waals surface area (Å²) in [7, 11) is 0. The number of hydrogen-bond acceptors (Lipinski definition) is 3. The van der Waals surface area contributed by atoms with Crippen molar-refractivity contribution >= 4 is 34.8 Å². The topological polar surface area (TPSA) is 76.0 Å². The molecule has 0 saturated heterocycles. The van der Waals surface area contributed by atoms with Crippen LogP contribution < -0.4 is 10.6 Å². The molecule has 2 N–H and O–H groups in total. The zero-order chi connectivity index (χ0) is 21.8. The average Bonchev–Trinajstić information content (AvgIpc) is 3.23. The Balaban J connectivity index is 1.72. The summed E-state index contributed by atoms with van der Waals surface area (Å²) in [5.41, 5.74) is 3.54. The molecular formula is C24H19ClN4O2. The van der Waals surface area contributed by atoms with E-state index in [1.807, 2.05) is 60.7 Å². The van der Waals surface area contributed by atoms with Gasteiger partial charge < -0.3 is 10.6 Å². The lowest BCUT2D eigenvalue weighted by Crippen LogP contribution is -2.13. The molecule has 1 aromatic heterocycles. The van der Waals surface area contributed by atoms with Crippen LogP contribution in [0.15, 0.2) is 85.1 Å². The number of carbonyl (C=O) groups is 2. The molecule has 0 saturated carbocycles. The highest BCUT2D eigenvalue weighted by Gasteiger charge is 2.19. The van der Waals surface area contributed by atoms with Crippen LogP contribution in [0.3, 0.4) is 0 Å². The van der Waals surface area contributed by atoms with Gasteiger partial charge in [-0.3, -0.25) is 9.59 Å². The summed E-state index contributed by atoms with van der Waals surface area (Å²) >= 11 is 6.27. The summed E-state index contributed by atoms with van der Waals surface area (Å²) < 4.78 is 1.67. The molecular weight excluding hydrogens is 412 g/mol. The quantitative estimate of drug-likeness (QED) is 0.445. The van der Waals surface area contributed by atoms with E-state index in [1.54, 1.807) is 29.1 Å². The molecule has 31 heavy (non-hydrogen) atoms. The Bertz CT molecular complexity index is 1240. The fourth-order valence-electron chi connectivity index (χ4n) is 3.15. The molecule has 0 aliphatic carbocycles. The largest absolute Gasteiger partial charge is 0.326 e. The number of carbonyl (C=O) groups excluding carboxylic acids is 2. The molecule has 154 valence electrons. The van der Waals surface area contributed by atoms with Gasteiger partial charge in [0.15, 0.2) is 0 Å². The van der Waals surface area contributed by atoms with Crippen LogP contribution in [-0.4, -0.2) is 21.6 Å². The normalized spacial score (nSPS) is 10.5. The fraction of sp³-hybridized carbons (Fsp3) is 0.0417. The molecule has 6 nitrogen and oxygen atoms in total. The molecule has 0 unspecified atom stereocenters. The molecule has 0 atom stereocenters. The Labute approximate surface area is 184 Å². The molecule has 0 bridgehead atoms. The summed E-state index contributed by atoms with van der Waals surface area (Å²) in [5, 5.41) is 10.5. The van der Waals surface area contributed by atoms with E-state index in [-0.39, 0.29) is 11.8 Å². The summed E-state index contributed by atoms with van der Waals surface area (Å²) in [6.45, 7) is 1.41. The van der Waals surface area contributed by atoms with Gasteiger partial charge in [0.2, 0.25) is 5.91 Å². The first-order valence-electron chi connectivity index (χ1n) is 9.60. The van der Waals surface area contributed by atoms with Gasteiger partial charge in [-0.05, 0) is 30.3 Å². The van der Waals surface area contributed by atoms with Gasteiger partial charge in [-0.1, -0.05) is 60.1 Å². The van der Waals surface area contributed by atoms with E-state index in [9.17, 15) is 9.59 Å². The summed E-state index contributed by atoms with van der Waals surface area (Å²) in [5.74, 6) is -0.571. The highest BCUT2D eigenvalue weighted by Crippen LogP contribution is 2.28. The first-order valence-corrected chi connectivity index (χ1v) is 9.98. The monoisotopic (exact) mass is 430 g/mol. The first-order chi connectivity index (χ1) is 15.0. The smallest absolute Gasteiger partial charge is 0.259 e. The van der Waals surface area contributed by atoms with Gasteiger partial charge in [0.25, 0.3) is 5.91 Å². The SMILES string of the molecule is CC(=O)Nc1ccc(Cl)c(NC(=O)c2cn(-c3ccccc3)nc2-c2ccccc2)c1. The van der Waals surface area contributed by atoms with Crippen molar-refractivity contribution in [3.63, 3.8) is 0 Å². The molecule has 0 aliphatic heterocycles. The number of nitrogens with zero attached hydrogens (tertiary/aromatic N) is 2. The number of amides is 2. The van der Waals surface area contributed by atoms with E-state index in [1.165, 1.54) is 6.92 Å². The molecule has 2 amide bonds. The third-order valence-electron chi connectivity index (χ3n) is 4.56. The van der Waals surface area contributed by atoms with Gasteiger partial charge >= 0.3 is 0 Å². The Morgan fingerprint density at radius 1 is 0.903 bits per heavy atom. The van der Waals surface area contributed by atoms with E-state index >= 15 is 0 Å². The highest BCUT2D eigenvalue weighted by atomic mass is 35.5. The van der Waals surface area contributed by atoms with Crippen LogP contribution in [0.1, 0.15) is 17.3 Å². The van der Waals surface area contributed by atoms with Crippen LogP contribution in [-0.2, 0) is 4.79 Å². The Hall–Kier alpha value is -3.90. The number of rotatable bonds is 5. The number of anilines is 2. The molecule has 0 radical (unpaired) electrons. The molecule has 0 aliphatic rings. The number of para-hydroxylation sites is 1. The van der Waals surface area contributed by atoms with Crippen LogP contribution >= 0.6 is 11.6 Å². The maximum absolute atomic E-state index is 13.2. The number of benzene rings is 3. The number of halogens is 1. The predicted octanol–water partition coefficient (Wildman–Crippen LogP) is 5.40. The number of nitrogens with one attached hydrogen (secondary N) is 2. The van der Waals surface area contributed by atoms with Gasteiger partial charge in [-0.15, -0.1) is 0 Å². The molecule has 3 aromatic carbocycles. The maximum atomic E-state index is 13.2. The Morgan fingerprint density at radius 2 is 1.58 bits per heavy atom. The van der Waals surface area contributed by atoms with E-state index in [0.29, 0.717) is 27.7 Å². The van der Waals surface area contributed by atoms with Gasteiger partial charge in [0, 0.05) is 24.4 Å². The lowest BCUT2D eigenvalue weighted by atomic mass is 10.1. The Kier molecular flexibility index (Phi) is 5.82. The van der Waals surface area contributed by atoms with Crippen molar-refractivity contribution < 1.29 is 9.59 Å². The van der Waals surface area contributed by atoms with Gasteiger partial charge in [0.05, 0.1) is 22.0 Å². The van der Waals surface area contributed by atoms with Crippen molar-refractivity contribution in [1.29, 1.82) is 0 Å². The van der Waals surface area contributed by atoms with E-state index in [0.717, 1.165) is 11.3 Å². The molecule has 4 aromatic rings. The van der Waals surface area contributed by atoms with Crippen LogP contribution in [0, 0.1) is 0 Å². The molecule has 0 spiro atoms. The second-order valence-corrected chi connectivity index (χ2v) is 7.27. The van der Waals surface area contributed by atoms with Crippen molar-refractivity contribution in [2.75, 3.05) is 10.6 Å². The van der Waals surface area contributed by atoms with Crippen LogP contribution in [0.4, 0.5) is 11.4 Å². The van der Waals surface area contributed by atoms with Gasteiger partial charge in [0.1, 0.15) is 5.69 Å². The maximum Gasteiger partial charge on any atom is 0.259 e. The van der Waals surface area contributed by atoms with E-state index < -0.39 is 0 Å². The van der Waals surface area contributed by atoms with Crippen molar-refractivity contribution in [2.24, 2.45) is 0 Å². The second kappa shape index (κ2) is 8.85. The summed E-state index contributed by atoms with van der Waals surface area (Å²) in [6.07, 6.45) is 1.69. The van der Waals surface area contributed by atoms with Crippen molar-refractivity contribution in [1.82, 2.24) is 9.78 Å². The van der Waals surface area contributed by atoms with Crippen molar-refractivity contribution in [2.45, 2.75) is 6.92 Å². The van der Waals surface area contributed by atoms with Crippen LogP contribution in [0.5, 0.6) is 0 Å². The lowest BCUT2D eigenvalue weighted by Gasteiger charge is -2.10. The third-order valence-corrected chi connectivity index (χ3v) is 4.89. The first kappa shape index (κ1) is 20.4. The molecule has 1 heterocycles. The highest BCUT2D eigenvalue weighted by molar-refractivity contribution is 6.34. The Morgan fingerprint density at radius 3 is 2.26 bits per heavy atom. The van der Waals surface area contributed by atoms with E-state index in [2.05, 4.69) is 15.7 Å². The summed E-state index contributed by atoms with van der Waals surface area (Å²) in [4.78, 5) is 24.6. The zero-order valence-corrected chi connectivity index (χ0v) is 17.4. The predicted molar refractivity (Wildman–Crippen MR) is 123 cm³/mol. The zero-order valence-electron chi connectivity index (χ0n) is 16.7. The number of hydrogen-bond donors (Lipinski definition) is 2. The third kappa shape index (κ3) is 4.65. The fourth-order valence-corrected chi connectivity index (χ4v) is 3.32. The minimum atomic E-state index is -0.358. The van der Waals surface area contributed by atoms with Gasteiger partial charge in [-0.2, -0.15) is 5.10 Å². The van der Waals surface area contributed by atoms with E-state index in [4.69, 9.17) is 11.6 Å². The van der Waals surface area contributed by atoms with Crippen molar-refractivity contribution in [3.8, 4) is 16.9 Å². The molecule has 4 rings (SSSR count). The summed E-state index contributed by atoms with van der Waals surface area (Å²) in [6, 6.07) is 24.0. The minimum Gasteiger partial charge on any atom is -0.326 e. The average molecular weight is 431 g/mol. The standard InChI is InChI=1S/C24H19ClN4O2/c1-16(30)26-18-12-13-21(25)22(14-18)27-24(31)20-15-29(19-10-6-3-7-11-19)28-23(20)17-8-4-2-5-9-17/h2-15H,1H3,(H,26,30)(H,27,31). The van der Waals surface area contributed by atoms with Gasteiger partial charge in [-0.25, -0.2) is 4.68 Å².